The molecule has 152 valence electrons. The van der Waals surface area contributed by atoms with Crippen molar-refractivity contribution in [3.05, 3.63) is 30.3 Å². The number of nitrogens with one attached hydrogen (secondary N) is 1. The highest BCUT2D eigenvalue weighted by atomic mass is 127. The van der Waals surface area contributed by atoms with Gasteiger partial charge in [-0.05, 0) is 19.1 Å². The van der Waals surface area contributed by atoms with Crippen LogP contribution in [0.2, 0.25) is 0 Å². The highest BCUT2D eigenvalue weighted by Crippen LogP contribution is 2.26. The van der Waals surface area contributed by atoms with Crippen molar-refractivity contribution in [3.63, 3.8) is 0 Å². The molecule has 6 nitrogen and oxygen atoms in total. The molecule has 1 N–H and O–H groups in total. The van der Waals surface area contributed by atoms with Crippen LogP contribution in [0.25, 0.3) is 0 Å². The Labute approximate surface area is 180 Å². The van der Waals surface area contributed by atoms with Gasteiger partial charge in [-0.1, -0.05) is 25.1 Å². The summed E-state index contributed by atoms with van der Waals surface area (Å²) in [7, 11) is 0. The van der Waals surface area contributed by atoms with Crippen LogP contribution in [-0.2, 0) is 4.74 Å². The minimum absolute atomic E-state index is 0. The molecular weight excluding hydrogens is 455 g/mol. The average molecular weight is 488 g/mol. The van der Waals surface area contributed by atoms with Gasteiger partial charge in [0.1, 0.15) is 12.4 Å². The molecule has 0 bridgehead atoms. The molecule has 7 heteroatoms. The van der Waals surface area contributed by atoms with Crippen LogP contribution in [-0.4, -0.2) is 81.4 Å². The lowest BCUT2D eigenvalue weighted by Crippen LogP contribution is -2.53. The maximum atomic E-state index is 5.81. The van der Waals surface area contributed by atoms with Gasteiger partial charge in [-0.2, -0.15) is 0 Å². The van der Waals surface area contributed by atoms with Crippen LogP contribution in [0, 0.1) is 5.41 Å². The van der Waals surface area contributed by atoms with Crippen molar-refractivity contribution in [1.29, 1.82) is 0 Å². The van der Waals surface area contributed by atoms with Crippen molar-refractivity contribution in [3.8, 4) is 5.75 Å². The number of guanidine groups is 1. The molecule has 0 aromatic heterocycles. The number of ether oxygens (including phenoxy) is 2. The number of nitrogens with zero attached hydrogens (tertiary/aromatic N) is 3. The summed E-state index contributed by atoms with van der Waals surface area (Å²) in [5.74, 6) is 1.99. The maximum Gasteiger partial charge on any atom is 0.194 e. The van der Waals surface area contributed by atoms with E-state index >= 15 is 0 Å². The molecule has 1 aromatic carbocycles. The third-order valence-corrected chi connectivity index (χ3v) is 4.94. The summed E-state index contributed by atoms with van der Waals surface area (Å²) in [6, 6.07) is 10.0. The van der Waals surface area contributed by atoms with E-state index in [1.54, 1.807) is 0 Å². The molecule has 0 amide bonds. The molecule has 0 unspecified atom stereocenters. The van der Waals surface area contributed by atoms with Crippen LogP contribution in [0.5, 0.6) is 5.75 Å². The molecule has 0 radical (unpaired) electrons. The summed E-state index contributed by atoms with van der Waals surface area (Å²) < 4.78 is 11.2. The average Bonchev–Trinajstić information content (AvgIpc) is 2.65. The van der Waals surface area contributed by atoms with Gasteiger partial charge >= 0.3 is 0 Å². The van der Waals surface area contributed by atoms with E-state index in [1.807, 2.05) is 30.3 Å². The highest BCUT2D eigenvalue weighted by Gasteiger charge is 2.33. The van der Waals surface area contributed by atoms with Gasteiger partial charge in [0.2, 0.25) is 0 Å². The topological polar surface area (TPSA) is 49.3 Å². The highest BCUT2D eigenvalue weighted by molar-refractivity contribution is 14.0. The first-order valence-corrected chi connectivity index (χ1v) is 9.70. The van der Waals surface area contributed by atoms with E-state index < -0.39 is 0 Å². The summed E-state index contributed by atoms with van der Waals surface area (Å²) in [5, 5.41) is 3.44. The fraction of sp³-hybridized carbons (Fsp3) is 0.650. The predicted molar refractivity (Wildman–Crippen MR) is 120 cm³/mol. The number of hydrogen-bond donors (Lipinski definition) is 1. The third-order valence-electron chi connectivity index (χ3n) is 4.94. The minimum Gasteiger partial charge on any atom is -0.492 e. The fourth-order valence-corrected chi connectivity index (χ4v) is 3.23. The normalized spacial score (nSPS) is 19.8. The molecule has 2 aliphatic heterocycles. The third kappa shape index (κ3) is 6.80. The standard InChI is InChI=1S/C20H32N4O2.HI/c1-3-21-19(22-15-20(2)16-25-17-20)24-11-9-23(10-12-24)13-14-26-18-7-5-4-6-8-18;/h4-8H,3,9-17H2,1-2H3,(H,21,22);1H. The van der Waals surface area contributed by atoms with Crippen molar-refractivity contribution >= 4 is 29.9 Å². The van der Waals surface area contributed by atoms with Crippen molar-refractivity contribution in [2.75, 3.05) is 65.6 Å². The second kappa shape index (κ2) is 11.1. The number of hydrogen-bond acceptors (Lipinski definition) is 4. The molecular formula is C20H33IN4O2. The second-order valence-electron chi connectivity index (χ2n) is 7.46. The Kier molecular flexibility index (Phi) is 9.11. The molecule has 2 saturated heterocycles. The van der Waals surface area contributed by atoms with Gasteiger partial charge in [-0.15, -0.1) is 24.0 Å². The Morgan fingerprint density at radius 3 is 2.48 bits per heavy atom. The molecule has 0 saturated carbocycles. The van der Waals surface area contributed by atoms with Crippen molar-refractivity contribution < 1.29 is 9.47 Å². The monoisotopic (exact) mass is 488 g/mol. The molecule has 1 aromatic rings. The van der Waals surface area contributed by atoms with E-state index in [1.165, 1.54) is 0 Å². The van der Waals surface area contributed by atoms with Gasteiger partial charge < -0.3 is 19.7 Å². The van der Waals surface area contributed by atoms with Crippen LogP contribution in [0.3, 0.4) is 0 Å². The van der Waals surface area contributed by atoms with E-state index in [9.17, 15) is 0 Å². The van der Waals surface area contributed by atoms with Gasteiger partial charge in [-0.3, -0.25) is 9.89 Å². The fourth-order valence-electron chi connectivity index (χ4n) is 3.23. The van der Waals surface area contributed by atoms with E-state index in [-0.39, 0.29) is 29.4 Å². The van der Waals surface area contributed by atoms with Gasteiger partial charge in [0.25, 0.3) is 0 Å². The van der Waals surface area contributed by atoms with Crippen LogP contribution in [0.4, 0.5) is 0 Å². The van der Waals surface area contributed by atoms with Crippen LogP contribution in [0.15, 0.2) is 35.3 Å². The zero-order chi connectivity index (χ0) is 18.2. The van der Waals surface area contributed by atoms with Gasteiger partial charge in [0.05, 0.1) is 19.8 Å². The molecule has 27 heavy (non-hydrogen) atoms. The number of piperazine rings is 1. The minimum atomic E-state index is 0. The van der Waals surface area contributed by atoms with Gasteiger partial charge in [-0.25, -0.2) is 0 Å². The van der Waals surface area contributed by atoms with Crippen molar-refractivity contribution in [2.45, 2.75) is 13.8 Å². The Balaban J connectivity index is 0.00000261. The molecule has 2 heterocycles. The molecule has 0 aliphatic carbocycles. The molecule has 2 aliphatic rings. The van der Waals surface area contributed by atoms with E-state index in [2.05, 4.69) is 29.0 Å². The van der Waals surface area contributed by atoms with E-state index in [0.717, 1.165) is 77.3 Å². The van der Waals surface area contributed by atoms with Crippen molar-refractivity contribution in [2.24, 2.45) is 10.4 Å². The first-order valence-electron chi connectivity index (χ1n) is 9.70. The van der Waals surface area contributed by atoms with E-state index in [4.69, 9.17) is 14.5 Å². The van der Waals surface area contributed by atoms with Crippen LogP contribution >= 0.6 is 24.0 Å². The summed E-state index contributed by atoms with van der Waals surface area (Å²) in [5.41, 5.74) is 0.220. The van der Waals surface area contributed by atoms with Crippen molar-refractivity contribution in [1.82, 2.24) is 15.1 Å². The predicted octanol–water partition coefficient (Wildman–Crippen LogP) is 2.30. The number of benzene rings is 1. The number of aliphatic imine (C=N–C) groups is 1. The summed E-state index contributed by atoms with van der Waals surface area (Å²) in [6.07, 6.45) is 0. The largest absolute Gasteiger partial charge is 0.492 e. The Morgan fingerprint density at radius 1 is 1.19 bits per heavy atom. The number of rotatable bonds is 7. The molecule has 0 spiro atoms. The number of halogens is 1. The Morgan fingerprint density at radius 2 is 1.89 bits per heavy atom. The Hall–Kier alpha value is -1.06. The quantitative estimate of drug-likeness (QED) is 0.363. The maximum absolute atomic E-state index is 5.81. The zero-order valence-corrected chi connectivity index (χ0v) is 18.9. The second-order valence-corrected chi connectivity index (χ2v) is 7.46. The smallest absolute Gasteiger partial charge is 0.194 e. The summed E-state index contributed by atoms with van der Waals surface area (Å²) >= 11 is 0. The van der Waals surface area contributed by atoms with E-state index in [0.29, 0.717) is 0 Å². The lowest BCUT2D eigenvalue weighted by molar-refractivity contribution is -0.0946. The lowest BCUT2D eigenvalue weighted by atomic mass is 9.89. The Bertz CT molecular complexity index is 573. The van der Waals surface area contributed by atoms with Gasteiger partial charge in [0.15, 0.2) is 5.96 Å². The SMILES string of the molecule is CCNC(=NCC1(C)COC1)N1CCN(CCOc2ccccc2)CC1.I. The molecule has 3 rings (SSSR count). The van der Waals surface area contributed by atoms with Crippen LogP contribution in [0.1, 0.15) is 13.8 Å². The molecule has 0 atom stereocenters. The first-order chi connectivity index (χ1) is 12.7. The zero-order valence-electron chi connectivity index (χ0n) is 16.5. The number of para-hydroxylation sites is 1. The van der Waals surface area contributed by atoms with Crippen LogP contribution < -0.4 is 10.1 Å². The van der Waals surface area contributed by atoms with Gasteiger partial charge in [0, 0.05) is 44.7 Å². The first kappa shape index (κ1) is 22.2. The molecule has 2 fully saturated rings. The summed E-state index contributed by atoms with van der Waals surface area (Å²) in [4.78, 5) is 9.70. The summed E-state index contributed by atoms with van der Waals surface area (Å²) in [6.45, 7) is 13.5. The lowest BCUT2D eigenvalue weighted by Gasteiger charge is -2.39.